The Morgan fingerprint density at radius 3 is 2.86 bits per heavy atom. The number of esters is 1. The predicted molar refractivity (Wildman–Crippen MR) is 55.2 cm³/mol. The zero-order chi connectivity index (χ0) is 10.7. The van der Waals surface area contributed by atoms with Gasteiger partial charge in [0.15, 0.2) is 4.80 Å². The van der Waals surface area contributed by atoms with Crippen molar-refractivity contribution in [3.05, 3.63) is 22.0 Å². The van der Waals surface area contributed by atoms with Crippen LogP contribution in [0.4, 0.5) is 0 Å². The van der Waals surface area contributed by atoms with Gasteiger partial charge in [0.25, 0.3) is 0 Å². The Balaban J connectivity index is 3.17. The Morgan fingerprint density at radius 1 is 1.79 bits per heavy atom. The van der Waals surface area contributed by atoms with Crippen LogP contribution in [0.25, 0.3) is 6.20 Å². The molecule has 0 amide bonds. The molecule has 1 aromatic rings. The van der Waals surface area contributed by atoms with Crippen LogP contribution in [-0.2, 0) is 4.74 Å². The summed E-state index contributed by atoms with van der Waals surface area (Å²) in [7, 11) is 0. The van der Waals surface area contributed by atoms with Gasteiger partial charge in [-0.3, -0.25) is 9.98 Å². The number of nitrogens with zero attached hydrogens (tertiary/aromatic N) is 1. The number of nitrogens with one attached hydrogen (secondary N) is 1. The van der Waals surface area contributed by atoms with E-state index in [1.165, 1.54) is 6.20 Å². The summed E-state index contributed by atoms with van der Waals surface area (Å²) in [6, 6.07) is 0. The van der Waals surface area contributed by atoms with Crippen molar-refractivity contribution in [2.24, 2.45) is 0 Å². The quantitative estimate of drug-likeness (QED) is 0.774. The van der Waals surface area contributed by atoms with E-state index in [1.54, 1.807) is 18.4 Å². The van der Waals surface area contributed by atoms with Crippen LogP contribution >= 0.6 is 11.3 Å². The number of carbonyl (C=O) groups excluding carboxylic acids is 1. The molecule has 0 aliphatic rings. The molecule has 5 heteroatoms. The van der Waals surface area contributed by atoms with Gasteiger partial charge in [0.1, 0.15) is 4.88 Å². The molecule has 0 aromatic carbocycles. The van der Waals surface area contributed by atoms with E-state index in [9.17, 15) is 4.79 Å². The van der Waals surface area contributed by atoms with Crippen molar-refractivity contribution >= 4 is 23.5 Å². The molecule has 76 valence electrons. The lowest BCUT2D eigenvalue weighted by molar-refractivity contribution is 0.0531. The molecule has 0 bridgehead atoms. The highest BCUT2D eigenvalue weighted by atomic mass is 32.1. The zero-order valence-electron chi connectivity index (χ0n) is 8.16. The molecule has 1 N–H and O–H groups in total. The number of aromatic nitrogens is 1. The van der Waals surface area contributed by atoms with Crippen molar-refractivity contribution in [2.45, 2.75) is 13.8 Å². The van der Waals surface area contributed by atoms with Crippen LogP contribution in [0.1, 0.15) is 22.3 Å². The average Bonchev–Trinajstić information content (AvgIpc) is 2.42. The van der Waals surface area contributed by atoms with Crippen LogP contribution in [0, 0.1) is 12.3 Å². The van der Waals surface area contributed by atoms with Gasteiger partial charge >= 0.3 is 5.97 Å². The number of ether oxygens (including phenoxy) is 1. The first-order valence-electron chi connectivity index (χ1n) is 4.18. The van der Waals surface area contributed by atoms with E-state index >= 15 is 0 Å². The molecule has 0 aliphatic heterocycles. The van der Waals surface area contributed by atoms with E-state index in [1.807, 2.05) is 0 Å². The smallest absolute Gasteiger partial charge is 0.350 e. The molecule has 14 heavy (non-hydrogen) atoms. The highest BCUT2D eigenvalue weighted by Crippen LogP contribution is 2.12. The molecule has 0 atom stereocenters. The average molecular weight is 212 g/mol. The summed E-state index contributed by atoms with van der Waals surface area (Å²) < 4.78 is 6.41. The molecule has 1 aromatic heterocycles. The third-order valence-corrected chi connectivity index (χ3v) is 2.81. The number of hydrogen-bond acceptors (Lipinski definition) is 4. The van der Waals surface area contributed by atoms with Crippen LogP contribution in [0.2, 0.25) is 0 Å². The van der Waals surface area contributed by atoms with Crippen LogP contribution in [-0.4, -0.2) is 17.1 Å². The van der Waals surface area contributed by atoms with Gasteiger partial charge in [-0.1, -0.05) is 17.9 Å². The van der Waals surface area contributed by atoms with E-state index in [0.29, 0.717) is 17.2 Å². The summed E-state index contributed by atoms with van der Waals surface area (Å²) >= 11 is 1.10. The van der Waals surface area contributed by atoms with Crippen molar-refractivity contribution in [2.75, 3.05) is 6.61 Å². The lowest BCUT2D eigenvalue weighted by atomic mass is 10.4. The third kappa shape index (κ3) is 1.77. The van der Waals surface area contributed by atoms with Gasteiger partial charge < -0.3 is 4.74 Å². The summed E-state index contributed by atoms with van der Waals surface area (Å²) in [6.07, 6.45) is 1.51. The van der Waals surface area contributed by atoms with E-state index < -0.39 is 0 Å². The fraction of sp³-hybridized carbons (Fsp3) is 0.333. The first-order chi connectivity index (χ1) is 6.61. The van der Waals surface area contributed by atoms with Gasteiger partial charge in [-0.2, -0.15) is 0 Å². The van der Waals surface area contributed by atoms with Crippen molar-refractivity contribution in [1.29, 1.82) is 5.41 Å². The van der Waals surface area contributed by atoms with Crippen molar-refractivity contribution in [1.82, 2.24) is 4.57 Å². The first-order valence-corrected chi connectivity index (χ1v) is 4.99. The molecule has 0 saturated carbocycles. The Hall–Kier alpha value is -1.36. The summed E-state index contributed by atoms with van der Waals surface area (Å²) in [6.45, 7) is 7.43. The molecular weight excluding hydrogens is 200 g/mol. The minimum atomic E-state index is -0.371. The number of hydrogen-bond donors (Lipinski definition) is 1. The second kappa shape index (κ2) is 4.23. The molecule has 0 unspecified atom stereocenters. The van der Waals surface area contributed by atoms with E-state index in [2.05, 4.69) is 6.58 Å². The van der Waals surface area contributed by atoms with Gasteiger partial charge in [0, 0.05) is 11.9 Å². The van der Waals surface area contributed by atoms with Crippen LogP contribution < -0.4 is 4.80 Å². The van der Waals surface area contributed by atoms with Crippen LogP contribution in [0.5, 0.6) is 0 Å². The van der Waals surface area contributed by atoms with E-state index in [-0.39, 0.29) is 10.8 Å². The molecule has 1 heterocycles. The maximum atomic E-state index is 11.4. The Labute approximate surface area is 86.0 Å². The molecule has 0 spiro atoms. The lowest BCUT2D eigenvalue weighted by Gasteiger charge is -2.00. The largest absolute Gasteiger partial charge is 0.462 e. The predicted octanol–water partition coefficient (Wildman–Crippen LogP) is 1.61. The van der Waals surface area contributed by atoms with Crippen molar-refractivity contribution in [3.63, 3.8) is 0 Å². The number of carbonyl (C=O) groups is 1. The van der Waals surface area contributed by atoms with Crippen molar-refractivity contribution < 1.29 is 9.53 Å². The Kier molecular flexibility index (Phi) is 3.24. The number of rotatable bonds is 3. The molecular formula is C9H12N2O2S. The Morgan fingerprint density at radius 2 is 2.43 bits per heavy atom. The summed E-state index contributed by atoms with van der Waals surface area (Å²) in [5.74, 6) is -0.371. The van der Waals surface area contributed by atoms with Gasteiger partial charge in [0.2, 0.25) is 0 Å². The lowest BCUT2D eigenvalue weighted by Crippen LogP contribution is -2.08. The Bertz CT molecular complexity index is 417. The fourth-order valence-electron chi connectivity index (χ4n) is 1.09. The summed E-state index contributed by atoms with van der Waals surface area (Å²) in [5.41, 5.74) is 0.702. The standard InChI is InChI=1S/C9H12N2O2S/c1-4-11-6(3)7(14-9(11)10)8(12)13-5-2/h4,10H,1,5H2,2-3H3. The zero-order valence-corrected chi connectivity index (χ0v) is 8.98. The van der Waals surface area contributed by atoms with Gasteiger partial charge in [-0.15, -0.1) is 0 Å². The second-order valence-corrected chi connectivity index (χ2v) is 3.59. The van der Waals surface area contributed by atoms with Gasteiger partial charge in [-0.25, -0.2) is 4.79 Å². The summed E-state index contributed by atoms with van der Waals surface area (Å²) in [5, 5.41) is 7.56. The van der Waals surface area contributed by atoms with E-state index in [0.717, 1.165) is 11.3 Å². The van der Waals surface area contributed by atoms with Gasteiger partial charge in [0.05, 0.1) is 6.61 Å². The maximum Gasteiger partial charge on any atom is 0.350 e. The first kappa shape index (κ1) is 10.7. The second-order valence-electron chi connectivity index (χ2n) is 2.59. The number of thiazole rings is 1. The molecule has 0 radical (unpaired) electrons. The van der Waals surface area contributed by atoms with Crippen LogP contribution in [0.15, 0.2) is 6.58 Å². The molecule has 4 nitrogen and oxygen atoms in total. The maximum absolute atomic E-state index is 11.4. The van der Waals surface area contributed by atoms with Crippen molar-refractivity contribution in [3.8, 4) is 0 Å². The monoisotopic (exact) mass is 212 g/mol. The third-order valence-electron chi connectivity index (χ3n) is 1.75. The molecule has 0 aliphatic carbocycles. The van der Waals surface area contributed by atoms with Crippen LogP contribution in [0.3, 0.4) is 0 Å². The van der Waals surface area contributed by atoms with E-state index in [4.69, 9.17) is 10.1 Å². The molecule has 0 saturated heterocycles. The SMILES string of the molecule is C=Cn1c(C)c(C(=O)OCC)sc1=N. The minimum Gasteiger partial charge on any atom is -0.462 e. The molecule has 0 fully saturated rings. The fourth-order valence-corrected chi connectivity index (χ4v) is 1.98. The summed E-state index contributed by atoms with van der Waals surface area (Å²) in [4.78, 5) is 12.2. The normalized spacial score (nSPS) is 9.86. The molecule has 1 rings (SSSR count). The topological polar surface area (TPSA) is 55.1 Å². The highest BCUT2D eigenvalue weighted by molar-refractivity contribution is 7.11. The highest BCUT2D eigenvalue weighted by Gasteiger charge is 2.15. The van der Waals surface area contributed by atoms with Gasteiger partial charge in [-0.05, 0) is 13.8 Å². The minimum absolute atomic E-state index is 0.278.